The highest BCUT2D eigenvalue weighted by Gasteiger charge is 2.33. The molecule has 1 aliphatic rings. The fraction of sp³-hybridized carbons (Fsp3) is 0.208. The predicted octanol–water partition coefficient (Wildman–Crippen LogP) is 3.62. The molecule has 0 spiro atoms. The van der Waals surface area contributed by atoms with Crippen molar-refractivity contribution in [1.82, 2.24) is 4.72 Å². The minimum atomic E-state index is -3.70. The average Bonchev–Trinajstić information content (AvgIpc) is 3.45. The fourth-order valence-electron chi connectivity index (χ4n) is 3.49. The Balaban J connectivity index is 1.51. The van der Waals surface area contributed by atoms with Gasteiger partial charge in [-0.3, -0.25) is 19.3 Å². The van der Waals surface area contributed by atoms with Gasteiger partial charge in [-0.25, -0.2) is 8.42 Å². The number of nitrogens with zero attached hydrogens (tertiary/aromatic N) is 1. The summed E-state index contributed by atoms with van der Waals surface area (Å²) in [5.74, 6) is -0.535. The van der Waals surface area contributed by atoms with Gasteiger partial charge in [0.05, 0.1) is 11.2 Å². The number of hydrogen-bond donors (Lipinski definition) is 3. The van der Waals surface area contributed by atoms with Crippen LogP contribution < -0.4 is 15.4 Å². The van der Waals surface area contributed by atoms with Crippen LogP contribution in [0.1, 0.15) is 36.4 Å². The standard InChI is InChI=1S/C24H24N4O5S/c1-3-15(2)21(27-22-18-7-4-5-9-20(18)34(31,32)28-22)24(30)26-17-12-10-16(11-13-17)25-23(29)19-8-6-14-33-19/h4-15,21H,3H2,1-2H3,(H,25,29)(H,26,30)(H,27,28)/t15-,21-/m0/s1. The quantitative estimate of drug-likeness (QED) is 0.476. The van der Waals surface area contributed by atoms with E-state index in [1.54, 1.807) is 54.6 Å². The number of rotatable bonds is 7. The van der Waals surface area contributed by atoms with E-state index in [0.717, 1.165) is 0 Å². The molecule has 3 N–H and O–H groups in total. The van der Waals surface area contributed by atoms with E-state index in [1.807, 2.05) is 13.8 Å². The lowest BCUT2D eigenvalue weighted by Gasteiger charge is -2.19. The molecule has 0 unspecified atom stereocenters. The number of nitrogens with one attached hydrogen (secondary N) is 3. The van der Waals surface area contributed by atoms with Crippen LogP contribution in [0.25, 0.3) is 0 Å². The average molecular weight is 481 g/mol. The highest BCUT2D eigenvalue weighted by atomic mass is 32.2. The summed E-state index contributed by atoms with van der Waals surface area (Å²) in [4.78, 5) is 29.9. The van der Waals surface area contributed by atoms with Crippen LogP contribution in [0.15, 0.2) is 81.2 Å². The van der Waals surface area contributed by atoms with Crippen LogP contribution in [-0.4, -0.2) is 32.1 Å². The molecule has 0 saturated carbocycles. The Morgan fingerprint density at radius 2 is 1.68 bits per heavy atom. The Morgan fingerprint density at radius 3 is 2.32 bits per heavy atom. The van der Waals surface area contributed by atoms with E-state index in [4.69, 9.17) is 4.42 Å². The van der Waals surface area contributed by atoms with E-state index in [9.17, 15) is 18.0 Å². The first-order valence-corrected chi connectivity index (χ1v) is 12.2. The van der Waals surface area contributed by atoms with Crippen molar-refractivity contribution in [3.63, 3.8) is 0 Å². The normalized spacial score (nSPS) is 16.8. The SMILES string of the molecule is CC[C@H](C)[C@H](N=C1NS(=O)(=O)c2ccccc21)C(=O)Nc1ccc(NC(=O)c2ccco2)cc1. The van der Waals surface area contributed by atoms with Crippen LogP contribution in [0.3, 0.4) is 0 Å². The van der Waals surface area contributed by atoms with E-state index in [0.29, 0.717) is 23.4 Å². The first-order valence-electron chi connectivity index (χ1n) is 10.7. The molecule has 2 atom stereocenters. The number of carbonyl (C=O) groups is 2. The molecule has 0 bridgehead atoms. The monoisotopic (exact) mass is 480 g/mol. The molecule has 2 heterocycles. The summed E-state index contributed by atoms with van der Waals surface area (Å²) in [6.45, 7) is 3.82. The van der Waals surface area contributed by atoms with E-state index < -0.39 is 16.1 Å². The first kappa shape index (κ1) is 23.2. The van der Waals surface area contributed by atoms with E-state index in [1.165, 1.54) is 12.3 Å². The van der Waals surface area contributed by atoms with Gasteiger partial charge < -0.3 is 15.1 Å². The van der Waals surface area contributed by atoms with E-state index in [2.05, 4.69) is 20.3 Å². The summed E-state index contributed by atoms with van der Waals surface area (Å²) in [5.41, 5.74) is 1.50. The number of carbonyl (C=O) groups excluding carboxylic acids is 2. The number of fused-ring (bicyclic) bond motifs is 1. The van der Waals surface area contributed by atoms with Gasteiger partial charge in [-0.1, -0.05) is 32.4 Å². The van der Waals surface area contributed by atoms with E-state index >= 15 is 0 Å². The summed E-state index contributed by atoms with van der Waals surface area (Å²) >= 11 is 0. The van der Waals surface area contributed by atoms with Gasteiger partial charge in [0.25, 0.3) is 15.9 Å². The second kappa shape index (κ2) is 9.52. The molecule has 2 amide bonds. The molecule has 10 heteroatoms. The first-order chi connectivity index (χ1) is 16.3. The maximum absolute atomic E-state index is 13.1. The summed E-state index contributed by atoms with van der Waals surface area (Å²) in [7, 11) is -3.70. The van der Waals surface area contributed by atoms with Crippen molar-refractivity contribution in [2.45, 2.75) is 31.2 Å². The summed E-state index contributed by atoms with van der Waals surface area (Å²) in [6, 6.07) is 15.5. The molecule has 1 aliphatic heterocycles. The Bertz CT molecular complexity index is 1330. The molecule has 4 rings (SSSR count). The van der Waals surface area contributed by atoms with Gasteiger partial charge in [-0.05, 0) is 54.4 Å². The van der Waals surface area contributed by atoms with Gasteiger partial charge in [-0.2, -0.15) is 0 Å². The minimum absolute atomic E-state index is 0.142. The number of benzene rings is 2. The number of sulfonamides is 1. The molecule has 1 aromatic heterocycles. The number of hydrogen-bond acceptors (Lipinski definition) is 6. The van der Waals surface area contributed by atoms with Gasteiger partial charge in [0.2, 0.25) is 5.91 Å². The molecular weight excluding hydrogens is 456 g/mol. The highest BCUT2D eigenvalue weighted by molar-refractivity contribution is 7.90. The third-order valence-corrected chi connectivity index (χ3v) is 6.93. The predicted molar refractivity (Wildman–Crippen MR) is 128 cm³/mol. The number of anilines is 2. The molecule has 0 fully saturated rings. The topological polar surface area (TPSA) is 130 Å². The molecule has 0 radical (unpaired) electrons. The van der Waals surface area contributed by atoms with Gasteiger partial charge >= 0.3 is 0 Å². The number of furan rings is 1. The Labute approximate surface area is 197 Å². The zero-order chi connectivity index (χ0) is 24.3. The van der Waals surface area contributed by atoms with Gasteiger partial charge in [0.15, 0.2) is 5.76 Å². The maximum atomic E-state index is 13.1. The van der Waals surface area contributed by atoms with Crippen LogP contribution >= 0.6 is 0 Å². The van der Waals surface area contributed by atoms with Gasteiger partial charge in [-0.15, -0.1) is 0 Å². The lowest BCUT2D eigenvalue weighted by molar-refractivity contribution is -0.118. The van der Waals surface area contributed by atoms with Gasteiger partial charge in [0.1, 0.15) is 11.9 Å². The van der Waals surface area contributed by atoms with Crippen LogP contribution in [0.4, 0.5) is 11.4 Å². The third kappa shape index (κ3) is 4.86. The number of amides is 2. The fourth-order valence-corrected chi connectivity index (χ4v) is 4.73. The van der Waals surface area contributed by atoms with Crippen molar-refractivity contribution in [2.75, 3.05) is 10.6 Å². The van der Waals surface area contributed by atoms with Crippen LogP contribution in [0, 0.1) is 5.92 Å². The largest absolute Gasteiger partial charge is 0.459 e. The maximum Gasteiger partial charge on any atom is 0.291 e. The minimum Gasteiger partial charge on any atom is -0.459 e. The number of amidine groups is 1. The van der Waals surface area contributed by atoms with Crippen LogP contribution in [0.2, 0.25) is 0 Å². The van der Waals surface area contributed by atoms with Crippen molar-refractivity contribution in [3.05, 3.63) is 78.3 Å². The summed E-state index contributed by atoms with van der Waals surface area (Å²) in [6.07, 6.45) is 2.08. The second-order valence-corrected chi connectivity index (χ2v) is 9.56. The molecule has 0 aliphatic carbocycles. The lowest BCUT2D eigenvalue weighted by Crippen LogP contribution is -2.34. The van der Waals surface area contributed by atoms with Crippen molar-refractivity contribution in [2.24, 2.45) is 10.9 Å². The molecule has 176 valence electrons. The van der Waals surface area contributed by atoms with Crippen molar-refractivity contribution >= 4 is 39.0 Å². The van der Waals surface area contributed by atoms with Crippen molar-refractivity contribution < 1.29 is 22.4 Å². The zero-order valence-corrected chi connectivity index (χ0v) is 19.4. The molecule has 2 aromatic carbocycles. The van der Waals surface area contributed by atoms with Crippen LogP contribution in [-0.2, 0) is 14.8 Å². The second-order valence-electron chi connectivity index (χ2n) is 7.91. The van der Waals surface area contributed by atoms with Crippen molar-refractivity contribution in [3.8, 4) is 0 Å². The summed E-state index contributed by atoms with van der Waals surface area (Å²) < 4.78 is 32.3. The smallest absolute Gasteiger partial charge is 0.291 e. The van der Waals surface area contributed by atoms with Crippen molar-refractivity contribution in [1.29, 1.82) is 0 Å². The lowest BCUT2D eigenvalue weighted by atomic mass is 9.98. The van der Waals surface area contributed by atoms with Gasteiger partial charge in [0, 0.05) is 16.9 Å². The third-order valence-electron chi connectivity index (χ3n) is 5.54. The Hall–Kier alpha value is -3.92. The van der Waals surface area contributed by atoms with E-state index in [-0.39, 0.29) is 34.2 Å². The molecule has 3 aromatic rings. The zero-order valence-electron chi connectivity index (χ0n) is 18.6. The Kier molecular flexibility index (Phi) is 6.51. The van der Waals surface area contributed by atoms with Crippen LogP contribution in [0.5, 0.6) is 0 Å². The molecule has 34 heavy (non-hydrogen) atoms. The number of aliphatic imine (C=N–C) groups is 1. The molecular formula is C24H24N4O5S. The molecule has 9 nitrogen and oxygen atoms in total. The molecule has 0 saturated heterocycles. The summed E-state index contributed by atoms with van der Waals surface area (Å²) in [5, 5.41) is 5.54. The Morgan fingerprint density at radius 1 is 1.00 bits per heavy atom. The highest BCUT2D eigenvalue weighted by Crippen LogP contribution is 2.24.